The van der Waals surface area contributed by atoms with Crippen LogP contribution in [-0.4, -0.2) is 36.2 Å². The smallest absolute Gasteiger partial charge is 0.119 e. The van der Waals surface area contributed by atoms with Crippen LogP contribution in [0.2, 0.25) is 0 Å². The van der Waals surface area contributed by atoms with E-state index in [9.17, 15) is 5.11 Å². The second kappa shape index (κ2) is 9.34. The fourth-order valence-corrected chi connectivity index (χ4v) is 2.05. The van der Waals surface area contributed by atoms with Gasteiger partial charge in [0.25, 0.3) is 0 Å². The van der Waals surface area contributed by atoms with Crippen LogP contribution in [0, 0.1) is 0 Å². The van der Waals surface area contributed by atoms with Gasteiger partial charge in [-0.1, -0.05) is 24.3 Å². The van der Waals surface area contributed by atoms with E-state index in [0.29, 0.717) is 13.0 Å². The van der Waals surface area contributed by atoms with Crippen LogP contribution in [0.25, 0.3) is 0 Å². The molecular weight excluding hydrogens is 250 g/mol. The second-order valence-corrected chi connectivity index (χ2v) is 4.64. The van der Waals surface area contributed by atoms with Gasteiger partial charge in [-0.3, -0.25) is 4.90 Å². The fraction of sp³-hybridized carbons (Fsp3) is 0.412. The Morgan fingerprint density at radius 3 is 2.30 bits per heavy atom. The number of ether oxygens (including phenoxy) is 1. The van der Waals surface area contributed by atoms with Crippen molar-refractivity contribution in [1.82, 2.24) is 4.90 Å². The van der Waals surface area contributed by atoms with Gasteiger partial charge in [-0.05, 0) is 31.0 Å². The molecule has 0 radical (unpaired) electrons. The van der Waals surface area contributed by atoms with E-state index >= 15 is 0 Å². The molecule has 3 heteroatoms. The van der Waals surface area contributed by atoms with Crippen LogP contribution >= 0.6 is 0 Å². The van der Waals surface area contributed by atoms with E-state index in [1.165, 1.54) is 0 Å². The molecule has 0 aliphatic heterocycles. The summed E-state index contributed by atoms with van der Waals surface area (Å²) in [5, 5.41) is 10.2. The maximum absolute atomic E-state index is 10.2. The zero-order valence-electron chi connectivity index (χ0n) is 12.3. The van der Waals surface area contributed by atoms with E-state index in [2.05, 4.69) is 18.1 Å². The highest BCUT2D eigenvalue weighted by Crippen LogP contribution is 2.20. The Balaban J connectivity index is 2.50. The first kappa shape index (κ1) is 16.5. The van der Waals surface area contributed by atoms with E-state index in [1.54, 1.807) is 0 Å². The van der Waals surface area contributed by atoms with Crippen LogP contribution in [-0.2, 0) is 0 Å². The topological polar surface area (TPSA) is 32.7 Å². The van der Waals surface area contributed by atoms with E-state index in [-0.39, 0.29) is 0 Å². The highest BCUT2D eigenvalue weighted by atomic mass is 16.5. The van der Waals surface area contributed by atoms with Crippen molar-refractivity contribution in [3.05, 3.63) is 55.1 Å². The third kappa shape index (κ3) is 5.59. The molecule has 0 amide bonds. The molecule has 1 unspecified atom stereocenters. The summed E-state index contributed by atoms with van der Waals surface area (Å²) < 4.78 is 5.39. The van der Waals surface area contributed by atoms with Crippen LogP contribution < -0.4 is 4.74 Å². The molecule has 1 N–H and O–H groups in total. The summed E-state index contributed by atoms with van der Waals surface area (Å²) in [6.07, 6.45) is 3.97. The standard InChI is InChI=1S/C17H25NO2/c1-4-12-18(13-5-2)14-11-17(19)15-7-9-16(10-8-15)20-6-3/h4-5,7-10,17,19H,1-2,6,11-14H2,3H3. The minimum atomic E-state index is -0.456. The summed E-state index contributed by atoms with van der Waals surface area (Å²) in [6, 6.07) is 7.63. The van der Waals surface area contributed by atoms with Crippen molar-refractivity contribution in [3.8, 4) is 5.75 Å². The predicted molar refractivity (Wildman–Crippen MR) is 84.0 cm³/mol. The van der Waals surface area contributed by atoms with Crippen molar-refractivity contribution in [3.63, 3.8) is 0 Å². The number of nitrogens with zero attached hydrogens (tertiary/aromatic N) is 1. The van der Waals surface area contributed by atoms with Crippen LogP contribution in [0.3, 0.4) is 0 Å². The Morgan fingerprint density at radius 2 is 1.80 bits per heavy atom. The predicted octanol–water partition coefficient (Wildman–Crippen LogP) is 3.18. The molecule has 0 spiro atoms. The first-order valence-electron chi connectivity index (χ1n) is 7.06. The first-order valence-corrected chi connectivity index (χ1v) is 7.06. The zero-order chi connectivity index (χ0) is 14.8. The molecule has 0 aromatic heterocycles. The Kier molecular flexibility index (Phi) is 7.70. The Labute approximate surface area is 122 Å². The minimum Gasteiger partial charge on any atom is -0.494 e. The molecule has 0 fully saturated rings. The van der Waals surface area contributed by atoms with Gasteiger partial charge >= 0.3 is 0 Å². The number of aliphatic hydroxyl groups is 1. The lowest BCUT2D eigenvalue weighted by Gasteiger charge is -2.20. The monoisotopic (exact) mass is 275 g/mol. The summed E-state index contributed by atoms with van der Waals surface area (Å²) in [5.74, 6) is 0.836. The zero-order valence-corrected chi connectivity index (χ0v) is 12.3. The molecule has 0 heterocycles. The van der Waals surface area contributed by atoms with Crippen molar-refractivity contribution in [1.29, 1.82) is 0 Å². The molecule has 0 aliphatic carbocycles. The van der Waals surface area contributed by atoms with Crippen molar-refractivity contribution in [2.75, 3.05) is 26.2 Å². The Morgan fingerprint density at radius 1 is 1.20 bits per heavy atom. The molecule has 0 bridgehead atoms. The molecule has 0 saturated heterocycles. The van der Waals surface area contributed by atoms with E-state index < -0.39 is 6.10 Å². The van der Waals surface area contributed by atoms with Gasteiger partial charge in [-0.25, -0.2) is 0 Å². The van der Waals surface area contributed by atoms with Crippen LogP contribution in [0.1, 0.15) is 25.0 Å². The lowest BCUT2D eigenvalue weighted by molar-refractivity contribution is 0.148. The first-order chi connectivity index (χ1) is 9.71. The van der Waals surface area contributed by atoms with Crippen molar-refractivity contribution >= 4 is 0 Å². The van der Waals surface area contributed by atoms with Crippen molar-refractivity contribution in [2.24, 2.45) is 0 Å². The second-order valence-electron chi connectivity index (χ2n) is 4.64. The third-order valence-electron chi connectivity index (χ3n) is 3.07. The van der Waals surface area contributed by atoms with Gasteiger partial charge < -0.3 is 9.84 Å². The Bertz CT molecular complexity index is 390. The van der Waals surface area contributed by atoms with Gasteiger partial charge in [-0.2, -0.15) is 0 Å². The normalized spacial score (nSPS) is 12.2. The quantitative estimate of drug-likeness (QED) is 0.666. The maximum atomic E-state index is 10.2. The number of rotatable bonds is 10. The number of aliphatic hydroxyl groups excluding tert-OH is 1. The summed E-state index contributed by atoms with van der Waals surface area (Å²) in [5.41, 5.74) is 0.922. The molecular formula is C17H25NO2. The lowest BCUT2D eigenvalue weighted by Crippen LogP contribution is -2.26. The van der Waals surface area contributed by atoms with Gasteiger partial charge in [0.2, 0.25) is 0 Å². The SMILES string of the molecule is C=CCN(CC=C)CCC(O)c1ccc(OCC)cc1. The van der Waals surface area contributed by atoms with Crippen molar-refractivity contribution < 1.29 is 9.84 Å². The fourth-order valence-electron chi connectivity index (χ4n) is 2.05. The molecule has 1 rings (SSSR count). The van der Waals surface area contributed by atoms with Crippen LogP contribution in [0.15, 0.2) is 49.6 Å². The van der Waals surface area contributed by atoms with E-state index in [0.717, 1.165) is 30.9 Å². The van der Waals surface area contributed by atoms with Gasteiger partial charge in [0.1, 0.15) is 5.75 Å². The molecule has 110 valence electrons. The lowest BCUT2D eigenvalue weighted by atomic mass is 10.1. The average Bonchev–Trinajstić information content (AvgIpc) is 2.46. The Hall–Kier alpha value is -1.58. The summed E-state index contributed by atoms with van der Waals surface area (Å²) in [6.45, 7) is 12.5. The molecule has 1 aromatic carbocycles. The largest absolute Gasteiger partial charge is 0.494 e. The minimum absolute atomic E-state index is 0.456. The van der Waals surface area contributed by atoms with E-state index in [1.807, 2.05) is 43.3 Å². The van der Waals surface area contributed by atoms with Crippen molar-refractivity contribution in [2.45, 2.75) is 19.4 Å². The molecule has 20 heavy (non-hydrogen) atoms. The van der Waals surface area contributed by atoms with Crippen LogP contribution in [0.5, 0.6) is 5.75 Å². The molecule has 1 atom stereocenters. The van der Waals surface area contributed by atoms with Gasteiger partial charge in [-0.15, -0.1) is 13.2 Å². The number of hydrogen-bond donors (Lipinski definition) is 1. The average molecular weight is 275 g/mol. The number of benzene rings is 1. The molecule has 1 aromatic rings. The van der Waals surface area contributed by atoms with Gasteiger partial charge in [0.15, 0.2) is 0 Å². The van der Waals surface area contributed by atoms with E-state index in [4.69, 9.17) is 4.74 Å². The highest BCUT2D eigenvalue weighted by molar-refractivity contribution is 5.28. The molecule has 0 saturated carbocycles. The molecule has 0 aliphatic rings. The summed E-state index contributed by atoms with van der Waals surface area (Å²) in [4.78, 5) is 2.19. The highest BCUT2D eigenvalue weighted by Gasteiger charge is 2.10. The third-order valence-corrected chi connectivity index (χ3v) is 3.07. The van der Waals surface area contributed by atoms with Crippen LogP contribution in [0.4, 0.5) is 0 Å². The molecule has 3 nitrogen and oxygen atoms in total. The van der Waals surface area contributed by atoms with Gasteiger partial charge in [0.05, 0.1) is 12.7 Å². The summed E-state index contributed by atoms with van der Waals surface area (Å²) >= 11 is 0. The summed E-state index contributed by atoms with van der Waals surface area (Å²) in [7, 11) is 0. The maximum Gasteiger partial charge on any atom is 0.119 e. The van der Waals surface area contributed by atoms with Gasteiger partial charge in [0, 0.05) is 19.6 Å². The number of hydrogen-bond acceptors (Lipinski definition) is 3.